The highest BCUT2D eigenvalue weighted by atomic mass is 32.2. The summed E-state index contributed by atoms with van der Waals surface area (Å²) in [6, 6.07) is 15.9. The van der Waals surface area contributed by atoms with Crippen LogP contribution in [0.3, 0.4) is 0 Å². The first-order valence-corrected chi connectivity index (χ1v) is 12.7. The van der Waals surface area contributed by atoms with Gasteiger partial charge >= 0.3 is 0 Å². The molecule has 0 aliphatic carbocycles. The minimum absolute atomic E-state index is 0.00840. The van der Waals surface area contributed by atoms with E-state index in [1.165, 1.54) is 12.1 Å². The fourth-order valence-electron chi connectivity index (χ4n) is 3.74. The van der Waals surface area contributed by atoms with Crippen LogP contribution in [0.2, 0.25) is 0 Å². The quantitative estimate of drug-likeness (QED) is 0.551. The predicted octanol–water partition coefficient (Wildman–Crippen LogP) is 2.31. The van der Waals surface area contributed by atoms with Gasteiger partial charge < -0.3 is 15.0 Å². The number of hydrogen-bond donors (Lipinski definition) is 2. The molecule has 8 nitrogen and oxygen atoms in total. The van der Waals surface area contributed by atoms with Crippen LogP contribution in [0.1, 0.15) is 31.7 Å². The highest BCUT2D eigenvalue weighted by Crippen LogP contribution is 2.19. The number of sulfonamides is 1. The van der Waals surface area contributed by atoms with Gasteiger partial charge in [0.1, 0.15) is 5.75 Å². The first-order chi connectivity index (χ1) is 15.9. The Bertz CT molecular complexity index is 1020. The fourth-order valence-corrected chi connectivity index (χ4v) is 4.77. The lowest BCUT2D eigenvalue weighted by molar-refractivity contribution is -0.135. The summed E-state index contributed by atoms with van der Waals surface area (Å²) < 4.78 is 32.6. The molecular weight excluding hydrogens is 442 g/mol. The van der Waals surface area contributed by atoms with Crippen molar-refractivity contribution in [2.24, 2.45) is 5.92 Å². The van der Waals surface area contributed by atoms with E-state index in [1.807, 2.05) is 37.3 Å². The Morgan fingerprint density at radius 3 is 2.33 bits per heavy atom. The summed E-state index contributed by atoms with van der Waals surface area (Å²) in [5.74, 6) is 0.376. The van der Waals surface area contributed by atoms with E-state index >= 15 is 0 Å². The second kappa shape index (κ2) is 11.8. The van der Waals surface area contributed by atoms with E-state index in [1.54, 1.807) is 17.0 Å². The minimum atomic E-state index is -3.70. The topological polar surface area (TPSA) is 105 Å². The lowest BCUT2D eigenvalue weighted by Gasteiger charge is -2.31. The van der Waals surface area contributed by atoms with Gasteiger partial charge in [-0.05, 0) is 49.6 Å². The molecule has 33 heavy (non-hydrogen) atoms. The second-order valence-electron chi connectivity index (χ2n) is 7.91. The zero-order valence-corrected chi connectivity index (χ0v) is 19.6. The number of amides is 2. The molecular formula is C24H31N3O5S. The maximum absolute atomic E-state index is 12.5. The van der Waals surface area contributed by atoms with Gasteiger partial charge in [0.25, 0.3) is 0 Å². The molecule has 1 heterocycles. The van der Waals surface area contributed by atoms with Gasteiger partial charge in [0.05, 0.1) is 11.5 Å². The molecule has 2 aromatic rings. The van der Waals surface area contributed by atoms with E-state index in [0.29, 0.717) is 44.8 Å². The molecule has 0 saturated carbocycles. The largest absolute Gasteiger partial charge is 0.494 e. The standard InChI is InChI=1S/C24H31N3O5S/c1-2-32-21-8-10-22(11-9-21)33(30,31)26-15-12-23(28)27-16-13-20(14-17-27)24(29)25-18-19-6-4-3-5-7-19/h3-11,20,26H,2,12-18H2,1H3,(H,25,29). The van der Waals surface area contributed by atoms with E-state index in [0.717, 1.165) is 5.56 Å². The Balaban J connectivity index is 1.38. The van der Waals surface area contributed by atoms with Crippen LogP contribution < -0.4 is 14.8 Å². The van der Waals surface area contributed by atoms with E-state index in [-0.39, 0.29) is 35.6 Å². The number of benzene rings is 2. The molecule has 0 spiro atoms. The highest BCUT2D eigenvalue weighted by Gasteiger charge is 2.27. The van der Waals surface area contributed by atoms with Gasteiger partial charge in [-0.25, -0.2) is 13.1 Å². The van der Waals surface area contributed by atoms with Crippen LogP contribution in [0, 0.1) is 5.92 Å². The van der Waals surface area contributed by atoms with Crippen LogP contribution in [-0.4, -0.2) is 51.4 Å². The summed E-state index contributed by atoms with van der Waals surface area (Å²) in [5.41, 5.74) is 1.05. The van der Waals surface area contributed by atoms with Crippen molar-refractivity contribution in [2.75, 3.05) is 26.2 Å². The molecule has 3 rings (SSSR count). The Kier molecular flexibility index (Phi) is 8.85. The van der Waals surface area contributed by atoms with Crippen molar-refractivity contribution < 1.29 is 22.7 Å². The van der Waals surface area contributed by atoms with Gasteiger partial charge in [-0.2, -0.15) is 0 Å². The maximum Gasteiger partial charge on any atom is 0.240 e. The van der Waals surface area contributed by atoms with Crippen LogP contribution in [0.5, 0.6) is 5.75 Å². The number of rotatable bonds is 10. The van der Waals surface area contributed by atoms with Gasteiger partial charge in [-0.3, -0.25) is 9.59 Å². The number of piperidine rings is 1. The van der Waals surface area contributed by atoms with Gasteiger partial charge in [0, 0.05) is 38.5 Å². The molecule has 0 aromatic heterocycles. The smallest absolute Gasteiger partial charge is 0.240 e. The van der Waals surface area contributed by atoms with Crippen molar-refractivity contribution in [3.63, 3.8) is 0 Å². The molecule has 0 bridgehead atoms. The van der Waals surface area contributed by atoms with E-state index in [2.05, 4.69) is 10.0 Å². The molecule has 9 heteroatoms. The van der Waals surface area contributed by atoms with Crippen LogP contribution in [-0.2, 0) is 26.2 Å². The van der Waals surface area contributed by atoms with Crippen molar-refractivity contribution >= 4 is 21.8 Å². The molecule has 2 aromatic carbocycles. The Morgan fingerprint density at radius 1 is 1.03 bits per heavy atom. The molecule has 2 amide bonds. The average Bonchev–Trinajstić information content (AvgIpc) is 2.83. The van der Waals surface area contributed by atoms with Crippen LogP contribution in [0.4, 0.5) is 0 Å². The predicted molar refractivity (Wildman–Crippen MR) is 125 cm³/mol. The van der Waals surface area contributed by atoms with Crippen molar-refractivity contribution in [1.82, 2.24) is 14.9 Å². The molecule has 0 radical (unpaired) electrons. The Morgan fingerprint density at radius 2 is 1.70 bits per heavy atom. The van der Waals surface area contributed by atoms with E-state index < -0.39 is 10.0 Å². The lowest BCUT2D eigenvalue weighted by Crippen LogP contribution is -2.43. The molecule has 1 aliphatic rings. The molecule has 1 fully saturated rings. The number of nitrogens with one attached hydrogen (secondary N) is 2. The Labute approximate surface area is 195 Å². The van der Waals surface area contributed by atoms with Gasteiger partial charge in [-0.1, -0.05) is 30.3 Å². The average molecular weight is 474 g/mol. The summed E-state index contributed by atoms with van der Waals surface area (Å²) in [6.45, 7) is 3.86. The summed E-state index contributed by atoms with van der Waals surface area (Å²) in [4.78, 5) is 26.7. The van der Waals surface area contributed by atoms with Crippen molar-refractivity contribution in [1.29, 1.82) is 0 Å². The second-order valence-corrected chi connectivity index (χ2v) is 9.68. The zero-order chi connectivity index (χ0) is 23.7. The van der Waals surface area contributed by atoms with Crippen LogP contribution in [0.25, 0.3) is 0 Å². The number of nitrogens with zero attached hydrogens (tertiary/aromatic N) is 1. The SMILES string of the molecule is CCOc1ccc(S(=O)(=O)NCCC(=O)N2CCC(C(=O)NCc3ccccc3)CC2)cc1. The third-order valence-electron chi connectivity index (χ3n) is 5.60. The number of carbonyl (C=O) groups excluding carboxylic acids is 2. The van der Waals surface area contributed by atoms with Crippen LogP contribution >= 0.6 is 0 Å². The van der Waals surface area contributed by atoms with Crippen molar-refractivity contribution in [2.45, 2.75) is 37.6 Å². The third kappa shape index (κ3) is 7.30. The molecule has 178 valence electrons. The molecule has 1 aliphatic heterocycles. The summed E-state index contributed by atoms with van der Waals surface area (Å²) in [5, 5.41) is 2.96. The fraction of sp³-hybridized carbons (Fsp3) is 0.417. The zero-order valence-electron chi connectivity index (χ0n) is 18.8. The van der Waals surface area contributed by atoms with Crippen molar-refractivity contribution in [3.8, 4) is 5.75 Å². The summed E-state index contributed by atoms with van der Waals surface area (Å²) >= 11 is 0. The van der Waals surface area contributed by atoms with E-state index in [4.69, 9.17) is 4.74 Å². The maximum atomic E-state index is 12.5. The summed E-state index contributed by atoms with van der Waals surface area (Å²) in [7, 11) is -3.70. The number of carbonyl (C=O) groups is 2. The monoisotopic (exact) mass is 473 g/mol. The normalized spacial score (nSPS) is 14.6. The molecule has 2 N–H and O–H groups in total. The minimum Gasteiger partial charge on any atom is -0.494 e. The number of likely N-dealkylation sites (tertiary alicyclic amines) is 1. The third-order valence-corrected chi connectivity index (χ3v) is 7.08. The number of ether oxygens (including phenoxy) is 1. The highest BCUT2D eigenvalue weighted by molar-refractivity contribution is 7.89. The van der Waals surface area contributed by atoms with Gasteiger partial charge in [0.15, 0.2) is 0 Å². The number of hydrogen-bond acceptors (Lipinski definition) is 5. The molecule has 0 unspecified atom stereocenters. The molecule has 1 saturated heterocycles. The van der Waals surface area contributed by atoms with Crippen LogP contribution in [0.15, 0.2) is 59.5 Å². The van der Waals surface area contributed by atoms with Crippen molar-refractivity contribution in [3.05, 3.63) is 60.2 Å². The van der Waals surface area contributed by atoms with Gasteiger partial charge in [0.2, 0.25) is 21.8 Å². The summed E-state index contributed by atoms with van der Waals surface area (Å²) in [6.07, 6.45) is 1.27. The first-order valence-electron chi connectivity index (χ1n) is 11.2. The van der Waals surface area contributed by atoms with E-state index in [9.17, 15) is 18.0 Å². The Hall–Kier alpha value is -2.91. The lowest BCUT2D eigenvalue weighted by atomic mass is 9.95. The first kappa shape index (κ1) is 24.7. The van der Waals surface area contributed by atoms with Gasteiger partial charge in [-0.15, -0.1) is 0 Å². The molecule has 0 atom stereocenters.